The summed E-state index contributed by atoms with van der Waals surface area (Å²) in [5.74, 6) is 0. The molecule has 0 aliphatic heterocycles. The van der Waals surface area contributed by atoms with Gasteiger partial charge in [-0.2, -0.15) is 0 Å². The summed E-state index contributed by atoms with van der Waals surface area (Å²) in [6.07, 6.45) is 0. The summed E-state index contributed by atoms with van der Waals surface area (Å²) in [4.78, 5) is 0. The SMILES string of the molecule is N.N.N.N.O.O.[Pt]. The molecule has 0 amide bonds. The third kappa shape index (κ3) is 635. The molecule has 7 heavy (non-hydrogen) atoms. The van der Waals surface area contributed by atoms with Crippen molar-refractivity contribution in [1.29, 1.82) is 0 Å². The molecule has 16 N–H and O–H groups in total. The van der Waals surface area contributed by atoms with Crippen LogP contribution in [0.4, 0.5) is 0 Å². The zero-order valence-electron chi connectivity index (χ0n) is 4.14. The molecule has 0 aliphatic carbocycles. The van der Waals surface area contributed by atoms with Crippen LogP contribution in [-0.4, -0.2) is 11.0 Å². The van der Waals surface area contributed by atoms with E-state index in [4.69, 9.17) is 0 Å². The molecule has 0 aromatic rings. The Morgan fingerprint density at radius 1 is 0.429 bits per heavy atom. The molecule has 58 valence electrons. The van der Waals surface area contributed by atoms with Gasteiger partial charge in [-0.1, -0.05) is 0 Å². The Morgan fingerprint density at radius 2 is 0.429 bits per heavy atom. The van der Waals surface area contributed by atoms with E-state index >= 15 is 0 Å². The number of hydrogen-bond donors (Lipinski definition) is 4. The van der Waals surface area contributed by atoms with E-state index in [1.165, 1.54) is 0 Å². The molecule has 0 aliphatic rings. The Hall–Kier alpha value is 0.448. The van der Waals surface area contributed by atoms with Crippen LogP contribution in [0.15, 0.2) is 0 Å². The van der Waals surface area contributed by atoms with E-state index in [0.29, 0.717) is 0 Å². The van der Waals surface area contributed by atoms with Gasteiger partial charge in [-0.25, -0.2) is 0 Å². The Morgan fingerprint density at radius 3 is 0.429 bits per heavy atom. The average Bonchev–Trinajstić information content (AvgIpc) is 0. The average molecular weight is 299 g/mol. The quantitative estimate of drug-likeness (QED) is 0.443. The van der Waals surface area contributed by atoms with Crippen molar-refractivity contribution < 1.29 is 32.0 Å². The largest absolute Gasteiger partial charge is 0.412 e. The summed E-state index contributed by atoms with van der Waals surface area (Å²) in [6, 6.07) is 0. The summed E-state index contributed by atoms with van der Waals surface area (Å²) < 4.78 is 0. The van der Waals surface area contributed by atoms with Crippen molar-refractivity contribution in [3.8, 4) is 0 Å². The van der Waals surface area contributed by atoms with Gasteiger partial charge in [-0.05, 0) is 0 Å². The predicted octanol–water partition coefficient (Wildman–Crippen LogP) is -1.00. The predicted molar refractivity (Wildman–Crippen MR) is 27.3 cm³/mol. The van der Waals surface area contributed by atoms with Crippen LogP contribution in [0.1, 0.15) is 0 Å². The van der Waals surface area contributed by atoms with Crippen molar-refractivity contribution >= 4 is 0 Å². The fraction of sp³-hybridized carbons (Fsp3) is 0. The monoisotopic (exact) mass is 299 g/mol. The minimum absolute atomic E-state index is 0. The second kappa shape index (κ2) is 952. The smallest absolute Gasteiger partial charge is 0 e. The van der Waals surface area contributed by atoms with Gasteiger partial charge in [-0.3, -0.25) is 0 Å². The number of hydrogen-bond acceptors (Lipinski definition) is 4. The van der Waals surface area contributed by atoms with Gasteiger partial charge in [0.2, 0.25) is 0 Å². The van der Waals surface area contributed by atoms with Crippen molar-refractivity contribution in [1.82, 2.24) is 24.6 Å². The van der Waals surface area contributed by atoms with Crippen molar-refractivity contribution in [3.63, 3.8) is 0 Å². The van der Waals surface area contributed by atoms with Crippen molar-refractivity contribution in [3.05, 3.63) is 0 Å². The molecule has 0 atom stereocenters. The Labute approximate surface area is 57.3 Å². The Kier molecular flexibility index (Phi) is 210000. The van der Waals surface area contributed by atoms with Crippen molar-refractivity contribution in [2.24, 2.45) is 0 Å². The maximum atomic E-state index is 0. The van der Waals surface area contributed by atoms with Crippen LogP contribution >= 0.6 is 0 Å². The van der Waals surface area contributed by atoms with Gasteiger partial charge in [0, 0.05) is 21.1 Å². The second-order valence-corrected chi connectivity index (χ2v) is 0. The molecule has 0 spiro atoms. The zero-order valence-corrected chi connectivity index (χ0v) is 6.42. The summed E-state index contributed by atoms with van der Waals surface area (Å²) in [5, 5.41) is 0. The first-order chi connectivity index (χ1) is 0. The Bertz CT molecular complexity index is 9.65. The molecule has 0 fully saturated rings. The van der Waals surface area contributed by atoms with Gasteiger partial charge in [0.25, 0.3) is 0 Å². The van der Waals surface area contributed by atoms with E-state index in [1.807, 2.05) is 0 Å². The molecular weight excluding hydrogens is 283 g/mol. The van der Waals surface area contributed by atoms with Crippen molar-refractivity contribution in [2.75, 3.05) is 0 Å². The van der Waals surface area contributed by atoms with E-state index in [0.717, 1.165) is 0 Å². The zero-order chi connectivity index (χ0) is 0. The van der Waals surface area contributed by atoms with Crippen LogP contribution in [0.3, 0.4) is 0 Å². The van der Waals surface area contributed by atoms with Crippen LogP contribution in [-0.2, 0) is 21.1 Å². The van der Waals surface area contributed by atoms with E-state index in [-0.39, 0.29) is 56.6 Å². The van der Waals surface area contributed by atoms with Crippen LogP contribution in [0, 0.1) is 0 Å². The summed E-state index contributed by atoms with van der Waals surface area (Å²) in [6.45, 7) is 0. The molecule has 0 aromatic heterocycles. The van der Waals surface area contributed by atoms with E-state index in [9.17, 15) is 0 Å². The molecule has 0 heterocycles. The first-order valence-electron chi connectivity index (χ1n) is 0. The van der Waals surface area contributed by atoms with E-state index in [1.54, 1.807) is 0 Å². The van der Waals surface area contributed by atoms with Gasteiger partial charge in [0.05, 0.1) is 0 Å². The first kappa shape index (κ1) is 1540. The molecular formula is H16N4O2Pt. The van der Waals surface area contributed by atoms with Crippen LogP contribution < -0.4 is 24.6 Å². The Balaban J connectivity index is 0. The fourth-order valence-corrected chi connectivity index (χ4v) is 0. The maximum absolute atomic E-state index is 0. The second-order valence-electron chi connectivity index (χ2n) is 0. The molecule has 0 saturated carbocycles. The summed E-state index contributed by atoms with van der Waals surface area (Å²) in [5.41, 5.74) is 0. The third-order valence-electron chi connectivity index (χ3n) is 0. The minimum atomic E-state index is 0. The molecule has 0 rings (SSSR count). The molecule has 7 heteroatoms. The molecule has 0 aromatic carbocycles. The van der Waals surface area contributed by atoms with Gasteiger partial charge in [0.15, 0.2) is 0 Å². The molecule has 6 nitrogen and oxygen atoms in total. The van der Waals surface area contributed by atoms with Gasteiger partial charge in [-0.15, -0.1) is 0 Å². The van der Waals surface area contributed by atoms with E-state index < -0.39 is 0 Å². The normalized spacial score (nSPS) is 0. The molecule has 0 saturated heterocycles. The minimum Gasteiger partial charge on any atom is -0.412 e. The first-order valence-corrected chi connectivity index (χ1v) is 0. The molecule has 0 radical (unpaired) electrons. The van der Waals surface area contributed by atoms with Crippen molar-refractivity contribution in [2.45, 2.75) is 0 Å². The van der Waals surface area contributed by atoms with Gasteiger partial charge >= 0.3 is 0 Å². The fourth-order valence-electron chi connectivity index (χ4n) is 0. The maximum Gasteiger partial charge on any atom is 0 e. The van der Waals surface area contributed by atoms with E-state index in [2.05, 4.69) is 0 Å². The number of rotatable bonds is 0. The summed E-state index contributed by atoms with van der Waals surface area (Å²) >= 11 is 0. The van der Waals surface area contributed by atoms with Crippen LogP contribution in [0.2, 0.25) is 0 Å². The standard InChI is InChI=1S/4H3N.2H2O.Pt/h4*1H3;2*1H2;. The molecule has 0 bridgehead atoms. The van der Waals surface area contributed by atoms with Crippen LogP contribution in [0.5, 0.6) is 0 Å². The topological polar surface area (TPSA) is 203 Å². The molecule has 0 unspecified atom stereocenters. The summed E-state index contributed by atoms with van der Waals surface area (Å²) in [7, 11) is 0. The van der Waals surface area contributed by atoms with Crippen LogP contribution in [0.25, 0.3) is 0 Å². The van der Waals surface area contributed by atoms with Gasteiger partial charge in [0.1, 0.15) is 0 Å². The van der Waals surface area contributed by atoms with Gasteiger partial charge < -0.3 is 35.6 Å². The third-order valence-corrected chi connectivity index (χ3v) is 0.